The van der Waals surface area contributed by atoms with Crippen molar-refractivity contribution in [2.45, 2.75) is 26.8 Å². The minimum Gasteiger partial charge on any atom is -0.324 e. The molecule has 0 saturated carbocycles. The van der Waals surface area contributed by atoms with E-state index >= 15 is 0 Å². The number of nitrogens with one attached hydrogen (secondary N) is 1. The van der Waals surface area contributed by atoms with Crippen LogP contribution in [0.5, 0.6) is 0 Å². The van der Waals surface area contributed by atoms with Crippen molar-refractivity contribution in [2.24, 2.45) is 11.7 Å². The summed E-state index contributed by atoms with van der Waals surface area (Å²) >= 11 is 5.83. The molecule has 1 rings (SSSR count). The lowest BCUT2D eigenvalue weighted by molar-refractivity contribution is -0.118. The maximum absolute atomic E-state index is 11.7. The number of hydrogen-bond acceptors (Lipinski definition) is 2. The molecule has 0 heterocycles. The van der Waals surface area contributed by atoms with Crippen LogP contribution in [0.4, 0.5) is 5.69 Å². The third-order valence-electron chi connectivity index (χ3n) is 2.47. The number of aryl methyl sites for hydroxylation is 1. The summed E-state index contributed by atoms with van der Waals surface area (Å²) < 4.78 is 0. The van der Waals surface area contributed by atoms with E-state index in [9.17, 15) is 4.79 Å². The van der Waals surface area contributed by atoms with E-state index in [-0.39, 0.29) is 24.2 Å². The van der Waals surface area contributed by atoms with Crippen molar-refractivity contribution in [1.82, 2.24) is 0 Å². The molecule has 0 bridgehead atoms. The standard InChI is InChI=1S/C12H17ClN2O.ClH/c1-7(2)11(14)12(16)15-10-5-4-9(13)6-8(10)3;/h4-7,11H,14H2,1-3H3,(H,15,16);1H/t11-;/m1./s1. The average Bonchev–Trinajstić information content (AvgIpc) is 2.20. The van der Waals surface area contributed by atoms with E-state index < -0.39 is 6.04 Å². The van der Waals surface area contributed by atoms with Crippen molar-refractivity contribution < 1.29 is 4.79 Å². The number of carbonyl (C=O) groups excluding carboxylic acids is 1. The van der Waals surface area contributed by atoms with Crippen LogP contribution in [-0.4, -0.2) is 11.9 Å². The maximum Gasteiger partial charge on any atom is 0.241 e. The summed E-state index contributed by atoms with van der Waals surface area (Å²) in [5.74, 6) is -0.0481. The molecule has 0 spiro atoms. The molecule has 0 radical (unpaired) electrons. The highest BCUT2D eigenvalue weighted by molar-refractivity contribution is 6.30. The van der Waals surface area contributed by atoms with Crippen molar-refractivity contribution in [3.63, 3.8) is 0 Å². The highest BCUT2D eigenvalue weighted by Gasteiger charge is 2.17. The molecule has 0 aliphatic rings. The van der Waals surface area contributed by atoms with E-state index in [1.54, 1.807) is 18.2 Å². The van der Waals surface area contributed by atoms with Crippen LogP contribution in [-0.2, 0) is 4.79 Å². The second-order valence-corrected chi connectivity index (χ2v) is 4.65. The lowest BCUT2D eigenvalue weighted by Gasteiger charge is -2.16. The van der Waals surface area contributed by atoms with Crippen LogP contribution in [0.1, 0.15) is 19.4 Å². The van der Waals surface area contributed by atoms with Crippen molar-refractivity contribution in [3.8, 4) is 0 Å². The predicted molar refractivity (Wildman–Crippen MR) is 74.9 cm³/mol. The van der Waals surface area contributed by atoms with Crippen LogP contribution in [0.15, 0.2) is 18.2 Å². The van der Waals surface area contributed by atoms with Gasteiger partial charge < -0.3 is 11.1 Å². The molecule has 3 N–H and O–H groups in total. The molecule has 0 fully saturated rings. The van der Waals surface area contributed by atoms with Crippen LogP contribution in [0.2, 0.25) is 5.02 Å². The van der Waals surface area contributed by atoms with Gasteiger partial charge in [0.1, 0.15) is 0 Å². The summed E-state index contributed by atoms with van der Waals surface area (Å²) in [6.07, 6.45) is 0. The first-order valence-corrected chi connectivity index (χ1v) is 5.62. The summed E-state index contributed by atoms with van der Waals surface area (Å²) in [7, 11) is 0. The largest absolute Gasteiger partial charge is 0.324 e. The Kier molecular flexibility index (Phi) is 6.53. The third kappa shape index (κ3) is 4.54. The molecule has 1 aromatic rings. The summed E-state index contributed by atoms with van der Waals surface area (Å²) in [5, 5.41) is 3.45. The van der Waals surface area contributed by atoms with E-state index in [2.05, 4.69) is 5.32 Å². The van der Waals surface area contributed by atoms with Gasteiger partial charge in [0, 0.05) is 10.7 Å². The Labute approximate surface area is 113 Å². The number of rotatable bonds is 3. The molecule has 1 atom stereocenters. The molecule has 1 aromatic carbocycles. The van der Waals surface area contributed by atoms with E-state index in [0.717, 1.165) is 11.3 Å². The zero-order chi connectivity index (χ0) is 12.3. The number of nitrogens with two attached hydrogens (primary N) is 1. The lowest BCUT2D eigenvalue weighted by Crippen LogP contribution is -2.39. The Balaban J connectivity index is 0.00000256. The van der Waals surface area contributed by atoms with Crippen LogP contribution >= 0.6 is 24.0 Å². The number of hydrogen-bond donors (Lipinski definition) is 2. The Morgan fingerprint density at radius 2 is 2.00 bits per heavy atom. The average molecular weight is 277 g/mol. The van der Waals surface area contributed by atoms with Gasteiger partial charge in [-0.2, -0.15) is 0 Å². The molecule has 0 aliphatic heterocycles. The molecule has 0 aromatic heterocycles. The second kappa shape index (κ2) is 6.84. The lowest BCUT2D eigenvalue weighted by atomic mass is 10.0. The van der Waals surface area contributed by atoms with Crippen LogP contribution in [0.25, 0.3) is 0 Å². The summed E-state index contributed by atoms with van der Waals surface area (Å²) in [5.41, 5.74) is 7.43. The smallest absolute Gasteiger partial charge is 0.241 e. The van der Waals surface area contributed by atoms with E-state index in [4.69, 9.17) is 17.3 Å². The number of amides is 1. The first-order chi connectivity index (χ1) is 7.41. The topological polar surface area (TPSA) is 55.1 Å². The van der Waals surface area contributed by atoms with E-state index in [0.29, 0.717) is 5.02 Å². The van der Waals surface area contributed by atoms with Gasteiger partial charge in [0.25, 0.3) is 0 Å². The van der Waals surface area contributed by atoms with Gasteiger partial charge in [-0.3, -0.25) is 4.79 Å². The van der Waals surface area contributed by atoms with Gasteiger partial charge in [0.2, 0.25) is 5.91 Å². The fourth-order valence-electron chi connectivity index (χ4n) is 1.29. The molecule has 0 saturated heterocycles. The van der Waals surface area contributed by atoms with Crippen molar-refractivity contribution in [3.05, 3.63) is 28.8 Å². The number of anilines is 1. The van der Waals surface area contributed by atoms with E-state index in [1.807, 2.05) is 20.8 Å². The maximum atomic E-state index is 11.7. The number of halogens is 2. The fraction of sp³-hybridized carbons (Fsp3) is 0.417. The molecule has 0 unspecified atom stereocenters. The van der Waals surface area contributed by atoms with Crippen LogP contribution in [0, 0.1) is 12.8 Å². The van der Waals surface area contributed by atoms with Crippen molar-refractivity contribution >= 4 is 35.6 Å². The minimum absolute atomic E-state index is 0. The molecule has 3 nitrogen and oxygen atoms in total. The van der Waals surface area contributed by atoms with Gasteiger partial charge in [-0.25, -0.2) is 0 Å². The van der Waals surface area contributed by atoms with Gasteiger partial charge in [0.05, 0.1) is 6.04 Å². The highest BCUT2D eigenvalue weighted by Crippen LogP contribution is 2.19. The van der Waals surface area contributed by atoms with Gasteiger partial charge in [-0.05, 0) is 36.6 Å². The molecule has 5 heteroatoms. The molecular weight excluding hydrogens is 259 g/mol. The molecular formula is C12H18Cl2N2O. The monoisotopic (exact) mass is 276 g/mol. The highest BCUT2D eigenvalue weighted by atomic mass is 35.5. The zero-order valence-corrected chi connectivity index (χ0v) is 11.7. The SMILES string of the molecule is Cc1cc(Cl)ccc1NC(=O)[C@H](N)C(C)C.Cl. The van der Waals surface area contributed by atoms with Crippen LogP contribution < -0.4 is 11.1 Å². The second-order valence-electron chi connectivity index (χ2n) is 4.22. The third-order valence-corrected chi connectivity index (χ3v) is 2.70. The molecule has 96 valence electrons. The zero-order valence-electron chi connectivity index (χ0n) is 10.2. The Morgan fingerprint density at radius 3 is 2.47 bits per heavy atom. The van der Waals surface area contributed by atoms with Gasteiger partial charge >= 0.3 is 0 Å². The Morgan fingerprint density at radius 1 is 1.41 bits per heavy atom. The molecule has 0 aliphatic carbocycles. The summed E-state index contributed by atoms with van der Waals surface area (Å²) in [4.78, 5) is 11.7. The summed E-state index contributed by atoms with van der Waals surface area (Å²) in [6.45, 7) is 5.72. The quantitative estimate of drug-likeness (QED) is 0.892. The van der Waals surface area contributed by atoms with Crippen molar-refractivity contribution in [2.75, 3.05) is 5.32 Å². The molecule has 1 amide bonds. The first-order valence-electron chi connectivity index (χ1n) is 5.24. The molecule has 17 heavy (non-hydrogen) atoms. The predicted octanol–water partition coefficient (Wildman–Crippen LogP) is 2.99. The van der Waals surface area contributed by atoms with Gasteiger partial charge in [0.15, 0.2) is 0 Å². The van der Waals surface area contributed by atoms with E-state index in [1.165, 1.54) is 0 Å². The minimum atomic E-state index is -0.491. The Hall–Kier alpha value is -0.770. The number of benzene rings is 1. The fourth-order valence-corrected chi connectivity index (χ4v) is 1.51. The first kappa shape index (κ1) is 16.2. The Bertz CT molecular complexity index is 394. The van der Waals surface area contributed by atoms with Gasteiger partial charge in [-0.1, -0.05) is 25.4 Å². The number of carbonyl (C=O) groups is 1. The normalized spacial score (nSPS) is 11.9. The van der Waals surface area contributed by atoms with Crippen LogP contribution in [0.3, 0.4) is 0 Å². The van der Waals surface area contributed by atoms with Crippen molar-refractivity contribution in [1.29, 1.82) is 0 Å². The summed E-state index contributed by atoms with van der Waals surface area (Å²) in [6, 6.07) is 4.83. The van der Waals surface area contributed by atoms with Gasteiger partial charge in [-0.15, -0.1) is 12.4 Å².